The van der Waals surface area contributed by atoms with E-state index in [4.69, 9.17) is 0 Å². The number of hydrogen-bond acceptors (Lipinski definition) is 2. The molecule has 0 aromatic heterocycles. The molecule has 0 aromatic rings. The van der Waals surface area contributed by atoms with Gasteiger partial charge in [-0.2, -0.15) is 0 Å². The van der Waals surface area contributed by atoms with E-state index >= 15 is 0 Å². The van der Waals surface area contributed by atoms with Crippen molar-refractivity contribution in [2.75, 3.05) is 20.1 Å². The molecule has 82 valence electrons. The standard InChI is InChI=1S/C10H18F2N2/c1-14-4-2-8(3-5-14)13-9-6-10(11,12)7-9/h8-9,13H,2-7H2,1H3. The average molecular weight is 204 g/mol. The highest BCUT2D eigenvalue weighted by atomic mass is 19.3. The first-order valence-electron chi connectivity index (χ1n) is 5.38. The average Bonchev–Trinajstić information content (AvgIpc) is 2.06. The molecule has 1 heterocycles. The monoisotopic (exact) mass is 204 g/mol. The second-order valence-electron chi connectivity index (χ2n) is 4.71. The van der Waals surface area contributed by atoms with Gasteiger partial charge in [-0.25, -0.2) is 8.78 Å². The van der Waals surface area contributed by atoms with Crippen LogP contribution in [0.5, 0.6) is 0 Å². The van der Waals surface area contributed by atoms with Crippen LogP contribution in [0.2, 0.25) is 0 Å². The predicted molar refractivity (Wildman–Crippen MR) is 51.6 cm³/mol. The Kier molecular flexibility index (Phi) is 2.75. The maximum atomic E-state index is 12.6. The van der Waals surface area contributed by atoms with E-state index in [1.807, 2.05) is 0 Å². The summed E-state index contributed by atoms with van der Waals surface area (Å²) in [7, 11) is 2.10. The summed E-state index contributed by atoms with van der Waals surface area (Å²) in [5.74, 6) is -2.39. The van der Waals surface area contributed by atoms with Crippen molar-refractivity contribution < 1.29 is 8.78 Å². The van der Waals surface area contributed by atoms with Gasteiger partial charge in [-0.1, -0.05) is 0 Å². The molecule has 2 nitrogen and oxygen atoms in total. The van der Waals surface area contributed by atoms with Gasteiger partial charge in [-0.15, -0.1) is 0 Å². The highest BCUT2D eigenvalue weighted by molar-refractivity contribution is 4.93. The molecule has 0 bridgehead atoms. The SMILES string of the molecule is CN1CCC(NC2CC(F)(F)C2)CC1. The van der Waals surface area contributed by atoms with Crippen LogP contribution in [-0.2, 0) is 0 Å². The lowest BCUT2D eigenvalue weighted by Crippen LogP contribution is -2.53. The van der Waals surface area contributed by atoms with Crippen molar-refractivity contribution in [3.05, 3.63) is 0 Å². The van der Waals surface area contributed by atoms with Crippen LogP contribution in [0.15, 0.2) is 0 Å². The van der Waals surface area contributed by atoms with Gasteiger partial charge in [-0.05, 0) is 33.0 Å². The molecule has 0 unspecified atom stereocenters. The Morgan fingerprint density at radius 3 is 2.21 bits per heavy atom. The molecule has 0 amide bonds. The highest BCUT2D eigenvalue weighted by Gasteiger charge is 2.45. The zero-order chi connectivity index (χ0) is 10.2. The van der Waals surface area contributed by atoms with E-state index in [0.29, 0.717) is 6.04 Å². The number of piperidine rings is 1. The largest absolute Gasteiger partial charge is 0.311 e. The Labute approximate surface area is 83.7 Å². The van der Waals surface area contributed by atoms with Gasteiger partial charge in [-0.3, -0.25) is 0 Å². The fraction of sp³-hybridized carbons (Fsp3) is 1.00. The van der Waals surface area contributed by atoms with E-state index in [9.17, 15) is 8.78 Å². The molecular weight excluding hydrogens is 186 g/mol. The minimum absolute atomic E-state index is 0.0410. The second-order valence-corrected chi connectivity index (χ2v) is 4.71. The second kappa shape index (κ2) is 3.74. The molecule has 0 aromatic carbocycles. The fourth-order valence-electron chi connectivity index (χ4n) is 2.29. The summed E-state index contributed by atoms with van der Waals surface area (Å²) in [6.07, 6.45) is 2.27. The Morgan fingerprint density at radius 1 is 1.14 bits per heavy atom. The van der Waals surface area contributed by atoms with Gasteiger partial charge in [0, 0.05) is 24.9 Å². The molecule has 0 atom stereocenters. The minimum Gasteiger partial charge on any atom is -0.311 e. The number of nitrogens with zero attached hydrogens (tertiary/aromatic N) is 1. The molecule has 1 aliphatic heterocycles. The van der Waals surface area contributed by atoms with Crippen LogP contribution in [0.1, 0.15) is 25.7 Å². The van der Waals surface area contributed by atoms with Crippen LogP contribution in [0.4, 0.5) is 8.78 Å². The van der Waals surface area contributed by atoms with Gasteiger partial charge in [0.15, 0.2) is 0 Å². The molecule has 0 radical (unpaired) electrons. The van der Waals surface area contributed by atoms with Crippen molar-refractivity contribution in [1.82, 2.24) is 10.2 Å². The van der Waals surface area contributed by atoms with Gasteiger partial charge in [0.05, 0.1) is 0 Å². The van der Waals surface area contributed by atoms with Crippen LogP contribution in [0, 0.1) is 0 Å². The molecule has 1 aliphatic carbocycles. The van der Waals surface area contributed by atoms with Gasteiger partial charge in [0.1, 0.15) is 0 Å². The molecule has 2 rings (SSSR count). The predicted octanol–water partition coefficient (Wildman–Crippen LogP) is 1.47. The lowest BCUT2D eigenvalue weighted by molar-refractivity contribution is -0.0957. The van der Waals surface area contributed by atoms with E-state index in [1.54, 1.807) is 0 Å². The fourth-order valence-corrected chi connectivity index (χ4v) is 2.29. The quantitative estimate of drug-likeness (QED) is 0.732. The summed E-state index contributed by atoms with van der Waals surface area (Å²) in [6, 6.07) is 0.533. The van der Waals surface area contributed by atoms with E-state index in [1.165, 1.54) is 0 Å². The molecule has 0 spiro atoms. The summed E-state index contributed by atoms with van der Waals surface area (Å²) < 4.78 is 25.1. The normalized spacial score (nSPS) is 30.2. The number of rotatable bonds is 2. The summed E-state index contributed by atoms with van der Waals surface area (Å²) in [5, 5.41) is 3.32. The van der Waals surface area contributed by atoms with E-state index < -0.39 is 5.92 Å². The van der Waals surface area contributed by atoms with E-state index in [-0.39, 0.29) is 18.9 Å². The Morgan fingerprint density at radius 2 is 1.71 bits per heavy atom. The minimum atomic E-state index is -2.39. The maximum absolute atomic E-state index is 12.6. The lowest BCUT2D eigenvalue weighted by Gasteiger charge is -2.40. The first-order chi connectivity index (χ1) is 6.55. The Balaban J connectivity index is 1.67. The number of nitrogens with one attached hydrogen (secondary N) is 1. The van der Waals surface area contributed by atoms with Crippen molar-refractivity contribution in [2.24, 2.45) is 0 Å². The van der Waals surface area contributed by atoms with Gasteiger partial charge in [0.2, 0.25) is 0 Å². The van der Waals surface area contributed by atoms with Crippen LogP contribution in [-0.4, -0.2) is 43.0 Å². The third kappa shape index (κ3) is 2.42. The zero-order valence-corrected chi connectivity index (χ0v) is 8.60. The van der Waals surface area contributed by atoms with Crippen molar-refractivity contribution in [3.8, 4) is 0 Å². The van der Waals surface area contributed by atoms with Crippen molar-refractivity contribution >= 4 is 0 Å². The molecule has 14 heavy (non-hydrogen) atoms. The van der Waals surface area contributed by atoms with Crippen LogP contribution < -0.4 is 5.32 Å². The van der Waals surface area contributed by atoms with Crippen LogP contribution in [0.25, 0.3) is 0 Å². The van der Waals surface area contributed by atoms with Crippen LogP contribution >= 0.6 is 0 Å². The van der Waals surface area contributed by atoms with E-state index in [0.717, 1.165) is 25.9 Å². The van der Waals surface area contributed by atoms with Gasteiger partial charge in [0.25, 0.3) is 5.92 Å². The van der Waals surface area contributed by atoms with Crippen LogP contribution in [0.3, 0.4) is 0 Å². The first-order valence-corrected chi connectivity index (χ1v) is 5.38. The third-order valence-corrected chi connectivity index (χ3v) is 3.28. The maximum Gasteiger partial charge on any atom is 0.251 e. The van der Waals surface area contributed by atoms with Gasteiger partial charge >= 0.3 is 0 Å². The number of alkyl halides is 2. The van der Waals surface area contributed by atoms with E-state index in [2.05, 4.69) is 17.3 Å². The number of likely N-dealkylation sites (tertiary alicyclic amines) is 1. The van der Waals surface area contributed by atoms with Crippen molar-refractivity contribution in [1.29, 1.82) is 0 Å². The molecule has 1 saturated carbocycles. The first kappa shape index (κ1) is 10.3. The van der Waals surface area contributed by atoms with Crippen molar-refractivity contribution in [2.45, 2.75) is 43.7 Å². The number of hydrogen-bond donors (Lipinski definition) is 1. The molecule has 1 saturated heterocycles. The molecule has 2 aliphatic rings. The Bertz CT molecular complexity index is 192. The lowest BCUT2D eigenvalue weighted by atomic mass is 9.87. The summed E-state index contributed by atoms with van der Waals surface area (Å²) >= 11 is 0. The molecule has 2 fully saturated rings. The topological polar surface area (TPSA) is 15.3 Å². The molecule has 1 N–H and O–H groups in total. The highest BCUT2D eigenvalue weighted by Crippen LogP contribution is 2.37. The summed E-state index contributed by atoms with van der Waals surface area (Å²) in [6.45, 7) is 2.17. The molecule has 4 heteroatoms. The van der Waals surface area contributed by atoms with Crippen molar-refractivity contribution in [3.63, 3.8) is 0 Å². The summed E-state index contributed by atoms with van der Waals surface area (Å²) in [5.41, 5.74) is 0. The Hall–Kier alpha value is -0.220. The van der Waals surface area contributed by atoms with Gasteiger partial charge < -0.3 is 10.2 Å². The number of halogens is 2. The third-order valence-electron chi connectivity index (χ3n) is 3.28. The molecular formula is C10H18F2N2. The zero-order valence-electron chi connectivity index (χ0n) is 8.60. The smallest absolute Gasteiger partial charge is 0.251 e. The summed E-state index contributed by atoms with van der Waals surface area (Å²) in [4.78, 5) is 2.29.